The highest BCUT2D eigenvalue weighted by Crippen LogP contribution is 2.51. The Hall–Kier alpha value is -0.423. The predicted molar refractivity (Wildman–Crippen MR) is 55.5 cm³/mol. The maximum Gasteiger partial charge on any atom is 0.306 e. The molecule has 1 heterocycles. The maximum absolute atomic E-state index is 14.0. The van der Waals surface area contributed by atoms with Crippen molar-refractivity contribution in [1.29, 1.82) is 0 Å². The van der Waals surface area contributed by atoms with Crippen LogP contribution in [0.25, 0.3) is 0 Å². The fraction of sp³-hybridized carbons (Fsp3) is 0.900. The van der Waals surface area contributed by atoms with E-state index in [2.05, 4.69) is 0 Å². The van der Waals surface area contributed by atoms with E-state index >= 15 is 0 Å². The lowest BCUT2D eigenvalue weighted by molar-refractivity contribution is -0.141. The van der Waals surface area contributed by atoms with E-state index in [1.807, 2.05) is 0 Å². The molecule has 86 valence electrons. The summed E-state index contributed by atoms with van der Waals surface area (Å²) in [4.78, 5) is 11.1. The van der Waals surface area contributed by atoms with Crippen molar-refractivity contribution in [1.82, 2.24) is 0 Å². The third kappa shape index (κ3) is 1.82. The molecule has 0 radical (unpaired) electrons. The monoisotopic (exact) mass is 232 g/mol. The van der Waals surface area contributed by atoms with Crippen LogP contribution in [0.4, 0.5) is 4.11 Å². The number of hydrogen-bond acceptors (Lipinski definition) is 3. The van der Waals surface area contributed by atoms with Gasteiger partial charge in [0.25, 0.3) is 0 Å². The molecular weight excluding hydrogens is 215 g/mol. The first kappa shape index (κ1) is 11.1. The van der Waals surface area contributed by atoms with Crippen molar-refractivity contribution in [2.24, 2.45) is 11.8 Å². The zero-order chi connectivity index (χ0) is 11.2. The van der Waals surface area contributed by atoms with Gasteiger partial charge in [0, 0.05) is 12.5 Å². The smallest absolute Gasteiger partial charge is 0.306 e. The van der Waals surface area contributed by atoms with E-state index in [4.69, 9.17) is 4.74 Å². The summed E-state index contributed by atoms with van der Waals surface area (Å²) >= 11 is 0. The summed E-state index contributed by atoms with van der Waals surface area (Å²) in [7, 11) is -2.75. The molecule has 2 aliphatic rings. The fourth-order valence-electron chi connectivity index (χ4n) is 3.05. The van der Waals surface area contributed by atoms with Crippen LogP contribution in [-0.2, 0) is 9.53 Å². The van der Waals surface area contributed by atoms with Gasteiger partial charge in [-0.05, 0) is 31.0 Å². The van der Waals surface area contributed by atoms with Crippen LogP contribution >= 0.6 is 0 Å². The van der Waals surface area contributed by atoms with Gasteiger partial charge in [-0.15, -0.1) is 0 Å². The van der Waals surface area contributed by atoms with Gasteiger partial charge in [-0.3, -0.25) is 4.79 Å². The van der Waals surface area contributed by atoms with Crippen LogP contribution in [0.3, 0.4) is 0 Å². The normalized spacial score (nSPS) is 40.4. The van der Waals surface area contributed by atoms with Crippen molar-refractivity contribution >= 4 is 14.4 Å². The van der Waals surface area contributed by atoms with Crippen LogP contribution in [0, 0.1) is 11.8 Å². The Morgan fingerprint density at radius 1 is 1.60 bits per heavy atom. The highest BCUT2D eigenvalue weighted by molar-refractivity contribution is 6.72. The average molecular weight is 232 g/mol. The summed E-state index contributed by atoms with van der Waals surface area (Å²) in [6.07, 6.45) is 0.830. The molecule has 0 spiro atoms. The molecule has 3 nitrogen and oxygen atoms in total. The molecule has 0 aromatic carbocycles. The second-order valence-electron chi connectivity index (χ2n) is 5.15. The predicted octanol–water partition coefficient (Wildman–Crippen LogP) is 1.48. The lowest BCUT2D eigenvalue weighted by Crippen LogP contribution is -2.32. The molecular formula is C10H17FO3Si. The number of hydrogen-bond donors (Lipinski definition) is 1. The third-order valence-electron chi connectivity index (χ3n) is 3.81. The summed E-state index contributed by atoms with van der Waals surface area (Å²) in [6, 6.07) is 0. The first-order valence-corrected chi connectivity index (χ1v) is 8.38. The molecule has 1 saturated heterocycles. The summed E-state index contributed by atoms with van der Waals surface area (Å²) < 4.78 is 19.2. The number of carbonyl (C=O) groups excluding carboxylic acids is 1. The Balaban J connectivity index is 2.17. The summed E-state index contributed by atoms with van der Waals surface area (Å²) in [5.74, 6) is -0.219. The van der Waals surface area contributed by atoms with Crippen molar-refractivity contribution < 1.29 is 18.7 Å². The molecule has 1 saturated carbocycles. The minimum atomic E-state index is -2.75. The number of halogens is 1. The molecule has 0 aromatic rings. The molecule has 0 amide bonds. The van der Waals surface area contributed by atoms with Crippen LogP contribution in [0.5, 0.6) is 0 Å². The second-order valence-corrected chi connectivity index (χ2v) is 9.02. The van der Waals surface area contributed by atoms with Gasteiger partial charge in [0.15, 0.2) is 0 Å². The molecule has 1 aliphatic heterocycles. The zero-order valence-electron chi connectivity index (χ0n) is 9.07. The lowest BCUT2D eigenvalue weighted by atomic mass is 9.94. The standard InChI is InChI=1S/C10H17FO3Si/c1-15(2,11)9-4-8-6(7(9)5-12)3-10(13)14-8/h6-9,12H,3-5H2,1-2H3/t6-,7-,8+,9-/m1/s1. The Kier molecular flexibility index (Phi) is 2.62. The van der Waals surface area contributed by atoms with Crippen LogP contribution < -0.4 is 0 Å². The first-order valence-electron chi connectivity index (χ1n) is 5.42. The van der Waals surface area contributed by atoms with E-state index < -0.39 is 8.41 Å². The van der Waals surface area contributed by atoms with Crippen LogP contribution in [0.2, 0.25) is 18.6 Å². The molecule has 2 fully saturated rings. The van der Waals surface area contributed by atoms with E-state index in [9.17, 15) is 14.0 Å². The van der Waals surface area contributed by atoms with Crippen LogP contribution in [0.15, 0.2) is 0 Å². The molecule has 5 heteroatoms. The Morgan fingerprint density at radius 2 is 2.27 bits per heavy atom. The van der Waals surface area contributed by atoms with E-state index in [0.29, 0.717) is 12.8 Å². The zero-order valence-corrected chi connectivity index (χ0v) is 10.1. The van der Waals surface area contributed by atoms with Gasteiger partial charge in [-0.25, -0.2) is 0 Å². The molecule has 15 heavy (non-hydrogen) atoms. The van der Waals surface area contributed by atoms with Crippen LogP contribution in [-0.4, -0.2) is 32.2 Å². The van der Waals surface area contributed by atoms with Crippen molar-refractivity contribution in [3.8, 4) is 0 Å². The van der Waals surface area contributed by atoms with Gasteiger partial charge in [-0.1, -0.05) is 0 Å². The molecule has 1 N–H and O–H groups in total. The average Bonchev–Trinajstić information content (AvgIpc) is 2.58. The van der Waals surface area contributed by atoms with Gasteiger partial charge < -0.3 is 14.0 Å². The number of aliphatic hydroxyl groups excluding tert-OH is 1. The Morgan fingerprint density at radius 3 is 2.80 bits per heavy atom. The molecule has 2 rings (SSSR count). The topological polar surface area (TPSA) is 46.5 Å². The minimum Gasteiger partial charge on any atom is -0.462 e. The number of ether oxygens (including phenoxy) is 1. The highest BCUT2D eigenvalue weighted by Gasteiger charge is 2.55. The molecule has 0 bridgehead atoms. The van der Waals surface area contributed by atoms with Gasteiger partial charge in [0.1, 0.15) is 6.10 Å². The quantitative estimate of drug-likeness (QED) is 0.445. The van der Waals surface area contributed by atoms with Crippen molar-refractivity contribution in [2.75, 3.05) is 6.61 Å². The number of esters is 1. The highest BCUT2D eigenvalue weighted by atomic mass is 28.4. The molecule has 4 atom stereocenters. The van der Waals surface area contributed by atoms with E-state index in [1.165, 1.54) is 0 Å². The number of rotatable bonds is 2. The lowest BCUT2D eigenvalue weighted by Gasteiger charge is -2.26. The maximum atomic E-state index is 14.0. The van der Waals surface area contributed by atoms with Gasteiger partial charge in [-0.2, -0.15) is 0 Å². The van der Waals surface area contributed by atoms with Crippen molar-refractivity contribution in [3.05, 3.63) is 0 Å². The number of aliphatic hydroxyl groups is 1. The van der Waals surface area contributed by atoms with Crippen molar-refractivity contribution in [2.45, 2.75) is 37.6 Å². The number of fused-ring (bicyclic) bond motifs is 1. The van der Waals surface area contributed by atoms with Gasteiger partial charge in [0.2, 0.25) is 8.41 Å². The summed E-state index contributed by atoms with van der Waals surface area (Å²) in [5.41, 5.74) is -0.0643. The summed E-state index contributed by atoms with van der Waals surface area (Å²) in [5, 5.41) is 9.32. The molecule has 0 unspecified atom stereocenters. The number of carbonyl (C=O) groups is 1. The third-order valence-corrected chi connectivity index (χ3v) is 6.24. The Labute approximate surface area is 89.8 Å². The van der Waals surface area contributed by atoms with E-state index in [1.54, 1.807) is 13.1 Å². The van der Waals surface area contributed by atoms with Crippen LogP contribution in [0.1, 0.15) is 12.8 Å². The van der Waals surface area contributed by atoms with Gasteiger partial charge in [0.05, 0.1) is 6.42 Å². The second kappa shape index (κ2) is 3.56. The largest absolute Gasteiger partial charge is 0.462 e. The first-order chi connectivity index (χ1) is 6.93. The SMILES string of the molecule is C[Si](C)(F)[C@@H]1C[C@@H]2OC(=O)C[C@@H]2[C@H]1CO. The Bertz CT molecular complexity index is 276. The van der Waals surface area contributed by atoms with E-state index in [-0.39, 0.29) is 36.1 Å². The van der Waals surface area contributed by atoms with Gasteiger partial charge >= 0.3 is 5.97 Å². The molecule has 0 aromatic heterocycles. The minimum absolute atomic E-state index is 0.0250. The van der Waals surface area contributed by atoms with E-state index in [0.717, 1.165) is 0 Å². The summed E-state index contributed by atoms with van der Waals surface area (Å²) in [6.45, 7) is 3.31. The fourth-order valence-corrected chi connectivity index (χ4v) is 5.22. The molecule has 1 aliphatic carbocycles. The van der Waals surface area contributed by atoms with Crippen molar-refractivity contribution in [3.63, 3.8) is 0 Å².